The number of aryl methyl sites for hydroxylation is 2. The molecule has 1 aliphatic rings. The average molecular weight is 296 g/mol. The number of hydrogen-bond donors (Lipinski definition) is 2. The maximum absolute atomic E-state index is 10.7. The molecule has 2 N–H and O–H groups in total. The van der Waals surface area contributed by atoms with Gasteiger partial charge in [-0.3, -0.25) is 0 Å². The first-order valence-corrected chi connectivity index (χ1v) is 7.53. The van der Waals surface area contributed by atoms with E-state index in [2.05, 4.69) is 13.5 Å². The topological polar surface area (TPSA) is 49.7 Å². The number of fused-ring (bicyclic) bond motifs is 3. The molecule has 0 amide bonds. The Morgan fingerprint density at radius 3 is 2.64 bits per heavy atom. The Morgan fingerprint density at radius 1 is 1.18 bits per heavy atom. The predicted octanol–water partition coefficient (Wildman–Crippen LogP) is 4.18. The highest BCUT2D eigenvalue weighted by molar-refractivity contribution is 5.90. The monoisotopic (exact) mass is 296 g/mol. The molecule has 22 heavy (non-hydrogen) atoms. The van der Waals surface area contributed by atoms with Crippen LogP contribution in [0.25, 0.3) is 16.9 Å². The van der Waals surface area contributed by atoms with Crippen LogP contribution in [-0.2, 0) is 13.0 Å². The number of aliphatic hydroxyl groups is 1. The third-order valence-corrected chi connectivity index (χ3v) is 4.12. The lowest BCUT2D eigenvalue weighted by molar-refractivity contribution is 0.274. The normalized spacial score (nSPS) is 12.6. The highest BCUT2D eigenvalue weighted by atomic mass is 16.5. The summed E-state index contributed by atoms with van der Waals surface area (Å²) in [6, 6.07) is 7.88. The van der Waals surface area contributed by atoms with Gasteiger partial charge in [-0.05, 0) is 25.0 Å². The fraction of sp³-hybridized carbons (Fsp3) is 0.263. The minimum atomic E-state index is -0.184. The van der Waals surface area contributed by atoms with Gasteiger partial charge in [0, 0.05) is 16.7 Å². The van der Waals surface area contributed by atoms with Gasteiger partial charge in [0.2, 0.25) is 0 Å². The van der Waals surface area contributed by atoms with Crippen LogP contribution in [0.2, 0.25) is 0 Å². The Labute approximate surface area is 130 Å². The summed E-state index contributed by atoms with van der Waals surface area (Å²) in [5.74, 6) is 1.31. The van der Waals surface area contributed by atoms with Crippen molar-refractivity contribution in [3.63, 3.8) is 0 Å². The standard InChI is InChI=1S/C19H20O3/c1-4-5-13-9-17-18(19(21)16(13)10-20)15-8-11(2)6-7-14(15)12(3)22-17/h6-9,20-21H,3-5,10H2,1-2H3. The first-order chi connectivity index (χ1) is 10.6. The minimum absolute atomic E-state index is 0.114. The van der Waals surface area contributed by atoms with Gasteiger partial charge in [0.15, 0.2) is 0 Å². The summed E-state index contributed by atoms with van der Waals surface area (Å²) in [6.45, 7) is 7.87. The zero-order valence-electron chi connectivity index (χ0n) is 12.9. The molecule has 2 aromatic rings. The zero-order valence-corrected chi connectivity index (χ0v) is 12.9. The van der Waals surface area contributed by atoms with E-state index in [9.17, 15) is 10.2 Å². The highest BCUT2D eigenvalue weighted by Crippen LogP contribution is 2.49. The van der Waals surface area contributed by atoms with Crippen LogP contribution in [-0.4, -0.2) is 10.2 Å². The van der Waals surface area contributed by atoms with Crippen LogP contribution < -0.4 is 4.74 Å². The van der Waals surface area contributed by atoms with E-state index in [-0.39, 0.29) is 12.4 Å². The fourth-order valence-corrected chi connectivity index (χ4v) is 3.04. The first-order valence-electron chi connectivity index (χ1n) is 7.53. The molecule has 3 rings (SSSR count). The number of ether oxygens (including phenoxy) is 1. The van der Waals surface area contributed by atoms with Gasteiger partial charge in [0.1, 0.15) is 17.3 Å². The number of rotatable bonds is 3. The van der Waals surface area contributed by atoms with Crippen molar-refractivity contribution in [2.45, 2.75) is 33.3 Å². The van der Waals surface area contributed by atoms with E-state index in [0.29, 0.717) is 22.6 Å². The molecule has 0 atom stereocenters. The second-order valence-corrected chi connectivity index (χ2v) is 5.72. The summed E-state index contributed by atoms with van der Waals surface area (Å²) in [5, 5.41) is 20.4. The predicted molar refractivity (Wildman–Crippen MR) is 87.9 cm³/mol. The molecule has 0 spiro atoms. The molecule has 1 heterocycles. The lowest BCUT2D eigenvalue weighted by Crippen LogP contribution is -2.07. The molecular weight excluding hydrogens is 276 g/mol. The Morgan fingerprint density at radius 2 is 1.95 bits per heavy atom. The molecule has 0 aromatic heterocycles. The second kappa shape index (κ2) is 5.50. The quantitative estimate of drug-likeness (QED) is 0.893. The second-order valence-electron chi connectivity index (χ2n) is 5.72. The lowest BCUT2D eigenvalue weighted by atomic mass is 9.89. The third kappa shape index (κ3) is 2.18. The van der Waals surface area contributed by atoms with Gasteiger partial charge in [-0.1, -0.05) is 43.7 Å². The van der Waals surface area contributed by atoms with Crippen LogP contribution in [0.4, 0.5) is 0 Å². The minimum Gasteiger partial charge on any atom is -0.507 e. The summed E-state index contributed by atoms with van der Waals surface area (Å²) in [5.41, 5.74) is 5.04. The van der Waals surface area contributed by atoms with Gasteiger partial charge in [-0.25, -0.2) is 0 Å². The SMILES string of the molecule is C=C1Oc2cc(CCC)c(CO)c(O)c2-c2cc(C)ccc21. The maximum atomic E-state index is 10.7. The summed E-state index contributed by atoms with van der Waals surface area (Å²) in [4.78, 5) is 0. The van der Waals surface area contributed by atoms with Crippen molar-refractivity contribution in [3.8, 4) is 22.6 Å². The van der Waals surface area contributed by atoms with Crippen LogP contribution in [0.3, 0.4) is 0 Å². The van der Waals surface area contributed by atoms with Crippen LogP contribution in [0.1, 0.15) is 35.6 Å². The summed E-state index contributed by atoms with van der Waals surface area (Å²) in [6.07, 6.45) is 1.72. The molecule has 1 aliphatic heterocycles. The molecule has 114 valence electrons. The van der Waals surface area contributed by atoms with Crippen molar-refractivity contribution in [1.82, 2.24) is 0 Å². The van der Waals surface area contributed by atoms with Crippen molar-refractivity contribution < 1.29 is 14.9 Å². The molecule has 0 saturated heterocycles. The Kier molecular flexibility index (Phi) is 3.67. The van der Waals surface area contributed by atoms with Crippen molar-refractivity contribution in [2.24, 2.45) is 0 Å². The molecule has 2 aromatic carbocycles. The number of benzene rings is 2. The zero-order chi connectivity index (χ0) is 15.9. The van der Waals surface area contributed by atoms with E-state index in [1.807, 2.05) is 31.2 Å². The molecule has 0 radical (unpaired) electrons. The van der Waals surface area contributed by atoms with Gasteiger partial charge in [0.05, 0.1) is 12.2 Å². The molecule has 0 bridgehead atoms. The fourth-order valence-electron chi connectivity index (χ4n) is 3.04. The van der Waals surface area contributed by atoms with Crippen LogP contribution in [0.15, 0.2) is 30.8 Å². The van der Waals surface area contributed by atoms with Gasteiger partial charge in [0.25, 0.3) is 0 Å². The Hall–Kier alpha value is -2.26. The molecule has 0 fully saturated rings. The lowest BCUT2D eigenvalue weighted by Gasteiger charge is -2.25. The van der Waals surface area contributed by atoms with E-state index in [4.69, 9.17) is 4.74 Å². The molecule has 3 nitrogen and oxygen atoms in total. The number of aromatic hydroxyl groups is 1. The van der Waals surface area contributed by atoms with Crippen LogP contribution >= 0.6 is 0 Å². The van der Waals surface area contributed by atoms with Crippen molar-refractivity contribution in [2.75, 3.05) is 0 Å². The van der Waals surface area contributed by atoms with Crippen molar-refractivity contribution >= 4 is 5.76 Å². The van der Waals surface area contributed by atoms with Crippen molar-refractivity contribution in [3.05, 3.63) is 53.1 Å². The summed E-state index contributed by atoms with van der Waals surface area (Å²) >= 11 is 0. The van der Waals surface area contributed by atoms with E-state index in [1.165, 1.54) is 0 Å². The maximum Gasteiger partial charge on any atom is 0.139 e. The molecular formula is C19H20O3. The number of hydrogen-bond acceptors (Lipinski definition) is 3. The van der Waals surface area contributed by atoms with Crippen LogP contribution in [0.5, 0.6) is 11.5 Å². The summed E-state index contributed by atoms with van der Waals surface area (Å²) < 4.78 is 5.83. The van der Waals surface area contributed by atoms with Gasteiger partial charge in [-0.2, -0.15) is 0 Å². The smallest absolute Gasteiger partial charge is 0.139 e. The van der Waals surface area contributed by atoms with E-state index in [1.54, 1.807) is 0 Å². The molecule has 0 saturated carbocycles. The first kappa shape index (κ1) is 14.7. The largest absolute Gasteiger partial charge is 0.507 e. The van der Waals surface area contributed by atoms with Crippen LogP contribution in [0, 0.1) is 6.92 Å². The van der Waals surface area contributed by atoms with Gasteiger partial charge >= 0.3 is 0 Å². The van der Waals surface area contributed by atoms with E-state index >= 15 is 0 Å². The Balaban J connectivity index is 2.31. The third-order valence-electron chi connectivity index (χ3n) is 4.12. The number of phenols is 1. The number of aliphatic hydroxyl groups excluding tert-OH is 1. The molecule has 3 heteroatoms. The van der Waals surface area contributed by atoms with Gasteiger partial charge in [-0.15, -0.1) is 0 Å². The highest BCUT2D eigenvalue weighted by Gasteiger charge is 2.26. The van der Waals surface area contributed by atoms with E-state index in [0.717, 1.165) is 35.1 Å². The molecule has 0 unspecified atom stereocenters. The van der Waals surface area contributed by atoms with E-state index < -0.39 is 0 Å². The average Bonchev–Trinajstić information content (AvgIpc) is 2.47. The van der Waals surface area contributed by atoms with Crippen molar-refractivity contribution in [1.29, 1.82) is 0 Å². The molecule has 0 aliphatic carbocycles. The summed E-state index contributed by atoms with van der Waals surface area (Å²) in [7, 11) is 0. The Bertz CT molecular complexity index is 760. The van der Waals surface area contributed by atoms with Gasteiger partial charge < -0.3 is 14.9 Å².